The first-order valence-electron chi connectivity index (χ1n) is 9.67. The summed E-state index contributed by atoms with van der Waals surface area (Å²) in [4.78, 5) is 30.5. The van der Waals surface area contributed by atoms with E-state index in [-0.39, 0.29) is 18.4 Å². The minimum atomic E-state index is -0.152. The van der Waals surface area contributed by atoms with Crippen molar-refractivity contribution in [3.05, 3.63) is 54.6 Å². The molecule has 1 heterocycles. The topological polar surface area (TPSA) is 53.1 Å². The van der Waals surface area contributed by atoms with E-state index in [1.54, 1.807) is 0 Å². The largest absolute Gasteiger partial charge is 0.494 e. The van der Waals surface area contributed by atoms with E-state index in [0.29, 0.717) is 25.4 Å². The highest BCUT2D eigenvalue weighted by Crippen LogP contribution is 2.20. The maximum atomic E-state index is 12.8. The van der Waals surface area contributed by atoms with Crippen LogP contribution < -0.4 is 14.5 Å². The van der Waals surface area contributed by atoms with Crippen LogP contribution in [0.4, 0.5) is 11.4 Å². The van der Waals surface area contributed by atoms with Gasteiger partial charge in [-0.3, -0.25) is 9.59 Å². The van der Waals surface area contributed by atoms with Crippen LogP contribution in [0, 0.1) is 0 Å². The maximum absolute atomic E-state index is 12.8. The molecule has 0 N–H and O–H groups in total. The number of anilines is 2. The molecular formula is C22H27N3O3. The first-order chi connectivity index (χ1) is 13.6. The van der Waals surface area contributed by atoms with Crippen LogP contribution in [0.25, 0.3) is 0 Å². The van der Waals surface area contributed by atoms with Crippen LogP contribution in [-0.4, -0.2) is 56.0 Å². The highest BCUT2D eigenvalue weighted by atomic mass is 16.5. The van der Waals surface area contributed by atoms with E-state index < -0.39 is 0 Å². The van der Waals surface area contributed by atoms with Gasteiger partial charge in [-0.05, 0) is 43.3 Å². The number of benzene rings is 2. The van der Waals surface area contributed by atoms with E-state index in [1.807, 2.05) is 54.3 Å². The Labute approximate surface area is 166 Å². The van der Waals surface area contributed by atoms with Gasteiger partial charge < -0.3 is 19.4 Å². The van der Waals surface area contributed by atoms with Crippen LogP contribution in [0.5, 0.6) is 5.75 Å². The van der Waals surface area contributed by atoms with Crippen molar-refractivity contribution in [3.8, 4) is 5.75 Å². The van der Waals surface area contributed by atoms with E-state index >= 15 is 0 Å². The second-order valence-corrected chi connectivity index (χ2v) is 6.74. The summed E-state index contributed by atoms with van der Waals surface area (Å²) in [6.07, 6.45) is 0. The molecular weight excluding hydrogens is 354 g/mol. The van der Waals surface area contributed by atoms with Crippen molar-refractivity contribution in [2.45, 2.75) is 13.8 Å². The van der Waals surface area contributed by atoms with Crippen LogP contribution in [-0.2, 0) is 9.59 Å². The molecule has 28 heavy (non-hydrogen) atoms. The Bertz CT molecular complexity index is 784. The maximum Gasteiger partial charge on any atom is 0.242 e. The van der Waals surface area contributed by atoms with Gasteiger partial charge in [0.25, 0.3) is 0 Å². The molecule has 1 aliphatic heterocycles. The summed E-state index contributed by atoms with van der Waals surface area (Å²) < 4.78 is 5.44. The number of carbonyl (C=O) groups is 2. The molecule has 0 aliphatic carbocycles. The lowest BCUT2D eigenvalue weighted by molar-refractivity contribution is -0.131. The van der Waals surface area contributed by atoms with Gasteiger partial charge in [0.15, 0.2) is 0 Å². The van der Waals surface area contributed by atoms with Gasteiger partial charge in [0.1, 0.15) is 12.3 Å². The zero-order valence-electron chi connectivity index (χ0n) is 16.5. The van der Waals surface area contributed by atoms with Crippen molar-refractivity contribution in [1.29, 1.82) is 0 Å². The number of rotatable bonds is 6. The lowest BCUT2D eigenvalue weighted by atomic mass is 10.2. The zero-order chi connectivity index (χ0) is 19.9. The van der Waals surface area contributed by atoms with Crippen molar-refractivity contribution in [2.24, 2.45) is 0 Å². The summed E-state index contributed by atoms with van der Waals surface area (Å²) >= 11 is 0. The molecule has 0 spiro atoms. The second-order valence-electron chi connectivity index (χ2n) is 6.74. The highest BCUT2D eigenvalue weighted by Gasteiger charge is 2.24. The number of carbonyl (C=O) groups excluding carboxylic acids is 2. The number of piperazine rings is 1. The minimum absolute atomic E-state index is 0.0307. The Morgan fingerprint density at radius 2 is 1.61 bits per heavy atom. The lowest BCUT2D eigenvalue weighted by Gasteiger charge is -2.37. The quantitative estimate of drug-likeness (QED) is 0.772. The Morgan fingerprint density at radius 3 is 2.18 bits per heavy atom. The van der Waals surface area contributed by atoms with Crippen LogP contribution in [0.15, 0.2) is 54.6 Å². The van der Waals surface area contributed by atoms with E-state index in [0.717, 1.165) is 18.8 Å². The van der Waals surface area contributed by atoms with Crippen LogP contribution >= 0.6 is 0 Å². The Morgan fingerprint density at radius 1 is 0.964 bits per heavy atom. The fraction of sp³-hybridized carbons (Fsp3) is 0.364. The summed E-state index contributed by atoms with van der Waals surface area (Å²) in [5, 5.41) is 0. The molecule has 3 rings (SSSR count). The Hall–Kier alpha value is -3.02. The zero-order valence-corrected chi connectivity index (χ0v) is 16.5. The second kappa shape index (κ2) is 9.26. The summed E-state index contributed by atoms with van der Waals surface area (Å²) in [5.41, 5.74) is 1.88. The van der Waals surface area contributed by atoms with E-state index in [9.17, 15) is 9.59 Å². The monoisotopic (exact) mass is 381 g/mol. The highest BCUT2D eigenvalue weighted by molar-refractivity contribution is 5.97. The lowest BCUT2D eigenvalue weighted by Crippen LogP contribution is -2.51. The smallest absolute Gasteiger partial charge is 0.242 e. The molecule has 0 unspecified atom stereocenters. The van der Waals surface area contributed by atoms with Crippen LogP contribution in [0.1, 0.15) is 13.8 Å². The van der Waals surface area contributed by atoms with Gasteiger partial charge in [0.2, 0.25) is 11.8 Å². The number of hydrogen-bond donors (Lipinski definition) is 0. The van der Waals surface area contributed by atoms with E-state index in [2.05, 4.69) is 17.0 Å². The summed E-state index contributed by atoms with van der Waals surface area (Å²) in [5.74, 6) is 0.565. The van der Waals surface area contributed by atoms with Crippen molar-refractivity contribution in [1.82, 2.24) is 4.90 Å². The molecule has 2 amide bonds. The third-order valence-electron chi connectivity index (χ3n) is 4.89. The molecule has 6 heteroatoms. The molecule has 6 nitrogen and oxygen atoms in total. The van der Waals surface area contributed by atoms with Gasteiger partial charge in [-0.15, -0.1) is 0 Å². The van der Waals surface area contributed by atoms with Crippen molar-refractivity contribution >= 4 is 23.2 Å². The number of ether oxygens (including phenoxy) is 1. The van der Waals surface area contributed by atoms with Gasteiger partial charge in [-0.25, -0.2) is 0 Å². The fourth-order valence-corrected chi connectivity index (χ4v) is 3.36. The van der Waals surface area contributed by atoms with Gasteiger partial charge in [-0.2, -0.15) is 0 Å². The van der Waals surface area contributed by atoms with E-state index in [4.69, 9.17) is 4.74 Å². The van der Waals surface area contributed by atoms with Gasteiger partial charge >= 0.3 is 0 Å². The Balaban J connectivity index is 1.59. The molecule has 2 aromatic rings. The average molecular weight is 381 g/mol. The molecule has 2 aromatic carbocycles. The molecule has 148 valence electrons. The van der Waals surface area contributed by atoms with Crippen LogP contribution in [0.2, 0.25) is 0 Å². The molecule has 1 fully saturated rings. The molecule has 0 atom stereocenters. The predicted octanol–water partition coefficient (Wildman–Crippen LogP) is 2.79. The molecule has 1 aliphatic rings. The summed E-state index contributed by atoms with van der Waals surface area (Å²) in [6.45, 7) is 6.93. The number of amides is 2. The van der Waals surface area contributed by atoms with Crippen molar-refractivity contribution < 1.29 is 14.3 Å². The first kappa shape index (κ1) is 19.7. The Kier molecular flexibility index (Phi) is 6.53. The summed E-state index contributed by atoms with van der Waals surface area (Å²) in [6, 6.07) is 17.5. The third-order valence-corrected chi connectivity index (χ3v) is 4.89. The molecule has 0 bridgehead atoms. The van der Waals surface area contributed by atoms with Crippen molar-refractivity contribution in [2.75, 3.05) is 49.1 Å². The average Bonchev–Trinajstić information content (AvgIpc) is 2.73. The number of nitrogens with zero attached hydrogens (tertiary/aromatic N) is 3. The molecule has 0 aromatic heterocycles. The summed E-state index contributed by atoms with van der Waals surface area (Å²) in [7, 11) is 0. The van der Waals surface area contributed by atoms with Gasteiger partial charge in [-0.1, -0.05) is 18.2 Å². The van der Waals surface area contributed by atoms with Crippen LogP contribution in [0.3, 0.4) is 0 Å². The van der Waals surface area contributed by atoms with E-state index in [1.165, 1.54) is 17.5 Å². The first-order valence-corrected chi connectivity index (χ1v) is 9.67. The van der Waals surface area contributed by atoms with Crippen molar-refractivity contribution in [3.63, 3.8) is 0 Å². The molecule has 1 saturated heterocycles. The van der Waals surface area contributed by atoms with Gasteiger partial charge in [0.05, 0.1) is 6.61 Å². The normalized spacial score (nSPS) is 13.9. The third kappa shape index (κ3) is 4.82. The number of hydrogen-bond acceptors (Lipinski definition) is 4. The fourth-order valence-electron chi connectivity index (χ4n) is 3.36. The SMILES string of the molecule is CCOc1ccc(N(CC(=O)N2CCN(c3ccccc3)CC2)C(C)=O)cc1. The van der Waals surface area contributed by atoms with Gasteiger partial charge in [0, 0.05) is 44.5 Å². The molecule has 0 radical (unpaired) electrons. The minimum Gasteiger partial charge on any atom is -0.494 e. The predicted molar refractivity (Wildman–Crippen MR) is 111 cm³/mol. The standard InChI is InChI=1S/C22H27N3O3/c1-3-28-21-11-9-20(10-12-21)25(18(2)26)17-22(27)24-15-13-23(14-16-24)19-7-5-4-6-8-19/h4-12H,3,13-17H2,1-2H3. The number of para-hydroxylation sites is 1. The molecule has 0 saturated carbocycles.